The summed E-state index contributed by atoms with van der Waals surface area (Å²) in [4.78, 5) is 2.36. The van der Waals surface area contributed by atoms with E-state index in [4.69, 9.17) is 4.42 Å². The highest BCUT2D eigenvalue weighted by atomic mass is 16.3. The van der Waals surface area contributed by atoms with Gasteiger partial charge in [0.1, 0.15) is 11.2 Å². The van der Waals surface area contributed by atoms with E-state index >= 15 is 0 Å². The van der Waals surface area contributed by atoms with Crippen molar-refractivity contribution in [2.24, 2.45) is 0 Å². The molecular weight excluding hydrogens is 691 g/mol. The van der Waals surface area contributed by atoms with E-state index in [1.54, 1.807) is 0 Å². The molecule has 0 unspecified atom stereocenters. The van der Waals surface area contributed by atoms with Gasteiger partial charge in [0.25, 0.3) is 0 Å². The average Bonchev–Trinajstić information content (AvgIpc) is 3.82. The smallest absolute Gasteiger partial charge is 0.140 e. The standard InChI is InChI=1S/C55H37NO/c1-3-14-38(15-4-1)40-26-32-43(33-27-40)56(44-34-28-41(29-35-44)39-16-5-2-6-17-39)45-36-30-42(31-37-45)55(50-22-10-7-18-46(50)47-19-8-11-23-51(47)55)52-24-13-21-49-48-20-9-12-25-53(48)57-54(49)52/h1-37H. The molecule has 268 valence electrons. The quantitative estimate of drug-likeness (QED) is 0.163. The van der Waals surface area contributed by atoms with Crippen LogP contribution in [-0.4, -0.2) is 0 Å². The second-order valence-corrected chi connectivity index (χ2v) is 14.8. The van der Waals surface area contributed by atoms with Crippen LogP contribution in [0.4, 0.5) is 17.1 Å². The number of benzene rings is 9. The molecule has 11 rings (SSSR count). The van der Waals surface area contributed by atoms with Gasteiger partial charge in [-0.2, -0.15) is 0 Å². The van der Waals surface area contributed by atoms with Crippen molar-refractivity contribution in [2.75, 3.05) is 4.90 Å². The van der Waals surface area contributed by atoms with Crippen molar-refractivity contribution in [3.8, 4) is 33.4 Å². The lowest BCUT2D eigenvalue weighted by atomic mass is 9.67. The lowest BCUT2D eigenvalue weighted by Gasteiger charge is -2.34. The maximum absolute atomic E-state index is 6.83. The SMILES string of the molecule is c1ccc(-c2ccc(N(c3ccc(-c4ccccc4)cc3)c3ccc(C4(c5cccc6c5oc5ccccc56)c5ccccc5-c5ccccc54)cc3)cc2)cc1. The summed E-state index contributed by atoms with van der Waals surface area (Å²) in [6.07, 6.45) is 0. The zero-order valence-corrected chi connectivity index (χ0v) is 31.2. The molecule has 0 saturated carbocycles. The van der Waals surface area contributed by atoms with E-state index in [1.165, 1.54) is 50.1 Å². The minimum Gasteiger partial charge on any atom is -0.456 e. The third kappa shape index (κ3) is 5.26. The molecule has 1 aromatic heterocycles. The summed E-state index contributed by atoms with van der Waals surface area (Å²) in [6.45, 7) is 0. The van der Waals surface area contributed by atoms with E-state index in [2.05, 4.69) is 229 Å². The van der Waals surface area contributed by atoms with Gasteiger partial charge in [-0.1, -0.05) is 182 Å². The van der Waals surface area contributed by atoms with Gasteiger partial charge in [0.2, 0.25) is 0 Å². The highest BCUT2D eigenvalue weighted by Crippen LogP contribution is 2.58. The van der Waals surface area contributed by atoms with E-state index in [0.29, 0.717) is 0 Å². The van der Waals surface area contributed by atoms with E-state index in [1.807, 2.05) is 0 Å². The number of nitrogens with zero attached hydrogens (tertiary/aromatic N) is 1. The second-order valence-electron chi connectivity index (χ2n) is 14.8. The van der Waals surface area contributed by atoms with Crippen LogP contribution in [0.2, 0.25) is 0 Å². The maximum atomic E-state index is 6.83. The molecule has 0 amide bonds. The number of anilines is 3. The zero-order chi connectivity index (χ0) is 37.8. The van der Waals surface area contributed by atoms with Crippen LogP contribution in [0.25, 0.3) is 55.3 Å². The van der Waals surface area contributed by atoms with Crippen LogP contribution in [0, 0.1) is 0 Å². The number of hydrogen-bond acceptors (Lipinski definition) is 2. The van der Waals surface area contributed by atoms with Crippen LogP contribution in [0.15, 0.2) is 229 Å². The lowest BCUT2D eigenvalue weighted by molar-refractivity contribution is 0.648. The van der Waals surface area contributed by atoms with E-state index in [0.717, 1.165) is 44.6 Å². The largest absolute Gasteiger partial charge is 0.456 e. The fourth-order valence-corrected chi connectivity index (χ4v) is 9.21. The predicted octanol–water partition coefficient (Wildman–Crippen LogP) is 14.8. The third-order valence-corrected chi connectivity index (χ3v) is 11.8. The molecule has 0 spiro atoms. The summed E-state index contributed by atoms with van der Waals surface area (Å²) in [5.41, 5.74) is 16.6. The van der Waals surface area contributed by atoms with Crippen molar-refractivity contribution in [3.05, 3.63) is 247 Å². The van der Waals surface area contributed by atoms with Crippen molar-refractivity contribution in [1.29, 1.82) is 0 Å². The zero-order valence-electron chi connectivity index (χ0n) is 31.2. The minimum atomic E-state index is -0.613. The van der Waals surface area contributed by atoms with Gasteiger partial charge in [-0.15, -0.1) is 0 Å². The lowest BCUT2D eigenvalue weighted by Crippen LogP contribution is -2.28. The van der Waals surface area contributed by atoms with Crippen LogP contribution < -0.4 is 4.90 Å². The molecular formula is C55H37NO. The summed E-state index contributed by atoms with van der Waals surface area (Å²) in [5, 5.41) is 2.26. The Kier molecular flexibility index (Phi) is 7.75. The van der Waals surface area contributed by atoms with E-state index in [9.17, 15) is 0 Å². The van der Waals surface area contributed by atoms with Crippen molar-refractivity contribution in [3.63, 3.8) is 0 Å². The van der Waals surface area contributed by atoms with Crippen LogP contribution in [-0.2, 0) is 5.41 Å². The summed E-state index contributed by atoms with van der Waals surface area (Å²) in [7, 11) is 0. The molecule has 1 heterocycles. The molecule has 2 heteroatoms. The number of fused-ring (bicyclic) bond motifs is 6. The van der Waals surface area contributed by atoms with Gasteiger partial charge < -0.3 is 9.32 Å². The van der Waals surface area contributed by atoms with Crippen LogP contribution >= 0.6 is 0 Å². The second kappa shape index (κ2) is 13.4. The van der Waals surface area contributed by atoms with Crippen molar-refractivity contribution in [1.82, 2.24) is 0 Å². The molecule has 0 saturated heterocycles. The molecule has 0 bridgehead atoms. The molecule has 1 aliphatic carbocycles. The fourth-order valence-electron chi connectivity index (χ4n) is 9.21. The summed E-state index contributed by atoms with van der Waals surface area (Å²) < 4.78 is 6.83. The Morgan fingerprint density at radius 3 is 1.30 bits per heavy atom. The summed E-state index contributed by atoms with van der Waals surface area (Å²) in [5.74, 6) is 0. The Labute approximate surface area is 332 Å². The average molecular weight is 728 g/mol. The van der Waals surface area contributed by atoms with Gasteiger partial charge in [-0.25, -0.2) is 0 Å². The third-order valence-electron chi connectivity index (χ3n) is 11.8. The maximum Gasteiger partial charge on any atom is 0.140 e. The molecule has 10 aromatic rings. The fraction of sp³-hybridized carbons (Fsp3) is 0.0182. The molecule has 1 aliphatic rings. The monoisotopic (exact) mass is 727 g/mol. The number of para-hydroxylation sites is 2. The van der Waals surface area contributed by atoms with Gasteiger partial charge in [-0.3, -0.25) is 0 Å². The molecule has 57 heavy (non-hydrogen) atoms. The Morgan fingerprint density at radius 2 is 0.737 bits per heavy atom. The first-order valence-electron chi connectivity index (χ1n) is 19.6. The normalized spacial score (nSPS) is 12.7. The minimum absolute atomic E-state index is 0.613. The Bertz CT molecular complexity index is 2910. The van der Waals surface area contributed by atoms with Gasteiger partial charge >= 0.3 is 0 Å². The predicted molar refractivity (Wildman–Crippen MR) is 237 cm³/mol. The van der Waals surface area contributed by atoms with Gasteiger partial charge in [0.15, 0.2) is 0 Å². The van der Waals surface area contributed by atoms with Gasteiger partial charge in [0, 0.05) is 33.4 Å². The molecule has 0 radical (unpaired) electrons. The van der Waals surface area contributed by atoms with Crippen LogP contribution in [0.5, 0.6) is 0 Å². The number of rotatable bonds is 7. The van der Waals surface area contributed by atoms with E-state index < -0.39 is 5.41 Å². The van der Waals surface area contributed by atoms with Crippen LogP contribution in [0.3, 0.4) is 0 Å². The van der Waals surface area contributed by atoms with Crippen LogP contribution in [0.1, 0.15) is 22.3 Å². The molecule has 0 atom stereocenters. The number of furan rings is 1. The van der Waals surface area contributed by atoms with Crippen molar-refractivity contribution in [2.45, 2.75) is 5.41 Å². The Hall–Kier alpha value is -7.42. The highest BCUT2D eigenvalue weighted by molar-refractivity contribution is 6.07. The molecule has 0 N–H and O–H groups in total. The first kappa shape index (κ1) is 33.0. The topological polar surface area (TPSA) is 16.4 Å². The summed E-state index contributed by atoms with van der Waals surface area (Å²) >= 11 is 0. The van der Waals surface area contributed by atoms with Gasteiger partial charge in [0.05, 0.1) is 5.41 Å². The van der Waals surface area contributed by atoms with E-state index in [-0.39, 0.29) is 0 Å². The Balaban J connectivity index is 1.10. The Morgan fingerprint density at radius 1 is 0.316 bits per heavy atom. The molecule has 0 fully saturated rings. The number of hydrogen-bond donors (Lipinski definition) is 0. The molecule has 2 nitrogen and oxygen atoms in total. The molecule has 9 aromatic carbocycles. The van der Waals surface area contributed by atoms with Gasteiger partial charge in [-0.05, 0) is 92.5 Å². The summed E-state index contributed by atoms with van der Waals surface area (Å²) in [6, 6.07) is 81.0. The first-order valence-corrected chi connectivity index (χ1v) is 19.6. The molecule has 0 aliphatic heterocycles. The van der Waals surface area contributed by atoms with Crippen molar-refractivity contribution < 1.29 is 4.42 Å². The first-order chi connectivity index (χ1) is 28.3. The highest BCUT2D eigenvalue weighted by Gasteiger charge is 2.47. The van der Waals surface area contributed by atoms with Crippen molar-refractivity contribution >= 4 is 39.0 Å².